The lowest BCUT2D eigenvalue weighted by Crippen LogP contribution is -2.30. The molecular weight excluding hydrogens is 590 g/mol. The molecule has 0 aliphatic rings. The van der Waals surface area contributed by atoms with Crippen LogP contribution in [0.2, 0.25) is 5.02 Å². The zero-order valence-corrected chi connectivity index (χ0v) is 24.8. The molecule has 11 heteroatoms. The Kier molecular flexibility index (Phi) is 10.7. The molecular formula is C32H28ClN3O6S. The first kappa shape index (κ1) is 31.0. The molecule has 4 aromatic carbocycles. The Morgan fingerprint density at radius 1 is 0.837 bits per heavy atom. The smallest absolute Gasteiger partial charge is 0.272 e. The van der Waals surface area contributed by atoms with Gasteiger partial charge in [-0.15, -0.1) is 11.8 Å². The van der Waals surface area contributed by atoms with Crippen molar-refractivity contribution in [3.63, 3.8) is 0 Å². The molecule has 0 saturated carbocycles. The predicted octanol–water partition coefficient (Wildman–Crippen LogP) is 6.20. The Morgan fingerprint density at radius 3 is 2.30 bits per heavy atom. The van der Waals surface area contributed by atoms with E-state index in [2.05, 4.69) is 16.0 Å². The van der Waals surface area contributed by atoms with E-state index in [-0.39, 0.29) is 23.1 Å². The third-order valence-corrected chi connectivity index (χ3v) is 7.23. The monoisotopic (exact) mass is 617 g/mol. The number of methoxy groups -OCH3 is 2. The molecule has 0 spiro atoms. The molecule has 0 aromatic heterocycles. The molecule has 9 nitrogen and oxygen atoms in total. The van der Waals surface area contributed by atoms with E-state index in [1.165, 1.54) is 44.2 Å². The predicted molar refractivity (Wildman–Crippen MR) is 169 cm³/mol. The largest absolute Gasteiger partial charge is 0.508 e. The van der Waals surface area contributed by atoms with Crippen molar-refractivity contribution >= 4 is 58.5 Å². The van der Waals surface area contributed by atoms with E-state index in [0.29, 0.717) is 39.0 Å². The van der Waals surface area contributed by atoms with Crippen molar-refractivity contribution in [3.8, 4) is 17.2 Å². The van der Waals surface area contributed by atoms with Crippen LogP contribution < -0.4 is 25.4 Å². The molecule has 0 saturated heterocycles. The number of hydrogen-bond acceptors (Lipinski definition) is 7. The second kappa shape index (κ2) is 14.8. The van der Waals surface area contributed by atoms with Crippen molar-refractivity contribution in [1.29, 1.82) is 0 Å². The number of benzene rings is 4. The van der Waals surface area contributed by atoms with Gasteiger partial charge in [-0.3, -0.25) is 14.4 Å². The number of carbonyl (C=O) groups is 3. The summed E-state index contributed by atoms with van der Waals surface area (Å²) in [5.74, 6) is -0.383. The van der Waals surface area contributed by atoms with Gasteiger partial charge in [0.15, 0.2) is 0 Å². The Morgan fingerprint density at radius 2 is 1.58 bits per heavy atom. The number of hydrogen-bond donors (Lipinski definition) is 4. The quantitative estimate of drug-likeness (QED) is 0.117. The number of thioether (sulfide) groups is 1. The van der Waals surface area contributed by atoms with Gasteiger partial charge in [-0.2, -0.15) is 0 Å². The van der Waals surface area contributed by atoms with Crippen LogP contribution in [0.1, 0.15) is 15.9 Å². The lowest BCUT2D eigenvalue weighted by Gasteiger charge is -2.13. The van der Waals surface area contributed by atoms with E-state index in [9.17, 15) is 19.5 Å². The highest BCUT2D eigenvalue weighted by Gasteiger charge is 2.17. The van der Waals surface area contributed by atoms with Gasteiger partial charge in [0.25, 0.3) is 11.8 Å². The maximum absolute atomic E-state index is 13.4. The lowest BCUT2D eigenvalue weighted by molar-refractivity contribution is -0.114. The zero-order valence-electron chi connectivity index (χ0n) is 23.2. The fraction of sp³-hybridized carbons (Fsp3) is 0.0938. The molecule has 0 fully saturated rings. The molecule has 4 aromatic rings. The van der Waals surface area contributed by atoms with Crippen LogP contribution in [0, 0.1) is 0 Å². The topological polar surface area (TPSA) is 126 Å². The van der Waals surface area contributed by atoms with E-state index in [1.54, 1.807) is 72.8 Å². The van der Waals surface area contributed by atoms with Gasteiger partial charge in [-0.05, 0) is 66.7 Å². The number of anilines is 2. The summed E-state index contributed by atoms with van der Waals surface area (Å²) in [5, 5.41) is 18.5. The third kappa shape index (κ3) is 8.78. The molecule has 0 bridgehead atoms. The van der Waals surface area contributed by atoms with Gasteiger partial charge < -0.3 is 30.5 Å². The highest BCUT2D eigenvalue weighted by Crippen LogP contribution is 2.28. The Hall–Kier alpha value is -4.93. The minimum absolute atomic E-state index is 0.0101. The van der Waals surface area contributed by atoms with Crippen LogP contribution in [-0.4, -0.2) is 42.8 Å². The summed E-state index contributed by atoms with van der Waals surface area (Å²) < 4.78 is 10.5. The fourth-order valence-corrected chi connectivity index (χ4v) is 4.88. The number of ether oxygens (including phenoxy) is 2. The van der Waals surface area contributed by atoms with Crippen molar-refractivity contribution in [2.75, 3.05) is 30.6 Å². The summed E-state index contributed by atoms with van der Waals surface area (Å²) in [6.45, 7) is 0. The molecule has 4 N–H and O–H groups in total. The van der Waals surface area contributed by atoms with Crippen molar-refractivity contribution < 1.29 is 29.0 Å². The number of phenols is 1. The van der Waals surface area contributed by atoms with E-state index in [4.69, 9.17) is 21.1 Å². The number of nitrogens with one attached hydrogen (secondary N) is 3. The van der Waals surface area contributed by atoms with Crippen LogP contribution in [0.4, 0.5) is 11.4 Å². The van der Waals surface area contributed by atoms with Crippen LogP contribution in [-0.2, 0) is 9.59 Å². The van der Waals surface area contributed by atoms with E-state index >= 15 is 0 Å². The van der Waals surface area contributed by atoms with Crippen LogP contribution in [0.15, 0.2) is 102 Å². The van der Waals surface area contributed by atoms with Gasteiger partial charge in [0.05, 0.1) is 25.0 Å². The lowest BCUT2D eigenvalue weighted by atomic mass is 10.1. The van der Waals surface area contributed by atoms with Crippen molar-refractivity contribution in [1.82, 2.24) is 5.32 Å². The Balaban J connectivity index is 1.47. The van der Waals surface area contributed by atoms with Crippen LogP contribution in [0.25, 0.3) is 6.08 Å². The maximum atomic E-state index is 13.4. The standard InChI is InChI=1S/C32H28ClN3O6S/c1-41-28-14-12-23(17-26(28)33)34-30(38)19-43-25-10-6-9-22(16-25)35-32(40)27(36-31(39)20-7-4-3-5-8-20)15-21-11-13-24(37)18-29(21)42-2/h3-18,37H,19H2,1-2H3,(H,34,38)(H,35,40)(H,36,39)/b27-15+. The average molecular weight is 618 g/mol. The molecule has 0 atom stereocenters. The van der Waals surface area contributed by atoms with E-state index in [0.717, 1.165) is 4.90 Å². The first-order chi connectivity index (χ1) is 20.7. The summed E-state index contributed by atoms with van der Waals surface area (Å²) in [7, 11) is 2.95. The number of carbonyl (C=O) groups excluding carboxylic acids is 3. The van der Waals surface area contributed by atoms with Crippen LogP contribution in [0.3, 0.4) is 0 Å². The first-order valence-corrected chi connectivity index (χ1v) is 14.2. The maximum Gasteiger partial charge on any atom is 0.272 e. The third-order valence-electron chi connectivity index (χ3n) is 5.94. The molecule has 0 heterocycles. The normalized spacial score (nSPS) is 10.9. The Bertz CT molecular complexity index is 1660. The molecule has 0 aliphatic heterocycles. The van der Waals surface area contributed by atoms with Gasteiger partial charge in [-0.25, -0.2) is 0 Å². The SMILES string of the molecule is COc1ccc(NC(=O)CSc2cccc(NC(=O)/C(=C\c3ccc(O)cc3OC)NC(=O)c3ccccc3)c2)cc1Cl. The van der Waals surface area contributed by atoms with Gasteiger partial charge in [0.1, 0.15) is 22.9 Å². The van der Waals surface area contributed by atoms with Gasteiger partial charge in [-0.1, -0.05) is 35.9 Å². The van der Waals surface area contributed by atoms with Gasteiger partial charge in [0, 0.05) is 33.5 Å². The zero-order chi connectivity index (χ0) is 30.8. The summed E-state index contributed by atoms with van der Waals surface area (Å²) in [6.07, 6.45) is 1.46. The second-order valence-electron chi connectivity index (χ2n) is 8.97. The highest BCUT2D eigenvalue weighted by molar-refractivity contribution is 8.00. The molecule has 0 aliphatic carbocycles. The number of rotatable bonds is 11. The fourth-order valence-electron chi connectivity index (χ4n) is 3.87. The summed E-state index contributed by atoms with van der Waals surface area (Å²) >= 11 is 7.41. The van der Waals surface area contributed by atoms with Crippen molar-refractivity contribution in [3.05, 3.63) is 113 Å². The highest BCUT2D eigenvalue weighted by atomic mass is 35.5. The van der Waals surface area contributed by atoms with E-state index < -0.39 is 11.8 Å². The van der Waals surface area contributed by atoms with Gasteiger partial charge in [0.2, 0.25) is 5.91 Å². The summed E-state index contributed by atoms with van der Waals surface area (Å²) in [4.78, 5) is 39.6. The summed E-state index contributed by atoms with van der Waals surface area (Å²) in [5.41, 5.74) is 1.78. The average Bonchev–Trinajstić information content (AvgIpc) is 3.01. The molecule has 43 heavy (non-hydrogen) atoms. The minimum Gasteiger partial charge on any atom is -0.508 e. The van der Waals surface area contributed by atoms with Crippen LogP contribution in [0.5, 0.6) is 17.2 Å². The van der Waals surface area contributed by atoms with Gasteiger partial charge >= 0.3 is 0 Å². The second-order valence-corrected chi connectivity index (χ2v) is 10.4. The number of amides is 3. The number of phenolic OH excluding ortho intramolecular Hbond substituents is 1. The number of aromatic hydroxyl groups is 1. The molecule has 220 valence electrons. The molecule has 4 rings (SSSR count). The minimum atomic E-state index is -0.587. The van der Waals surface area contributed by atoms with Crippen molar-refractivity contribution in [2.45, 2.75) is 4.90 Å². The van der Waals surface area contributed by atoms with E-state index in [1.807, 2.05) is 6.07 Å². The number of halogens is 1. The molecule has 0 unspecified atom stereocenters. The van der Waals surface area contributed by atoms with Crippen molar-refractivity contribution in [2.24, 2.45) is 0 Å². The first-order valence-electron chi connectivity index (χ1n) is 12.9. The van der Waals surface area contributed by atoms with Crippen LogP contribution >= 0.6 is 23.4 Å². The summed E-state index contributed by atoms with van der Waals surface area (Å²) in [6, 6.07) is 24.8. The molecule has 0 radical (unpaired) electrons. The molecule has 3 amide bonds. The Labute approximate surface area is 257 Å².